The molecular weight excluding hydrogens is 516 g/mol. The summed E-state index contributed by atoms with van der Waals surface area (Å²) in [6.45, 7) is 5.92. The molecule has 8 heteroatoms. The van der Waals surface area contributed by atoms with E-state index in [0.717, 1.165) is 10.0 Å². The summed E-state index contributed by atoms with van der Waals surface area (Å²) in [6, 6.07) is 13.0. The maximum atomic E-state index is 13.8. The molecule has 34 heavy (non-hydrogen) atoms. The molecule has 0 saturated carbocycles. The lowest BCUT2D eigenvalue weighted by atomic mass is 9.61. The average molecular weight is 538 g/mol. The van der Waals surface area contributed by atoms with E-state index in [1.54, 1.807) is 23.1 Å². The fourth-order valence-electron chi connectivity index (χ4n) is 5.41. The molecule has 6 nitrogen and oxygen atoms in total. The largest absolute Gasteiger partial charge is 0.384 e. The fraction of sp³-hybridized carbons (Fsp3) is 0.269. The molecule has 2 aliphatic heterocycles. The van der Waals surface area contributed by atoms with E-state index in [0.29, 0.717) is 39.7 Å². The van der Waals surface area contributed by atoms with Gasteiger partial charge >= 0.3 is 0 Å². The number of benzene rings is 2. The van der Waals surface area contributed by atoms with E-state index in [9.17, 15) is 14.9 Å². The van der Waals surface area contributed by atoms with Crippen molar-refractivity contribution in [2.75, 3.05) is 10.2 Å². The summed E-state index contributed by atoms with van der Waals surface area (Å²) in [5.41, 5.74) is 8.36. The van der Waals surface area contributed by atoms with Gasteiger partial charge in [0.2, 0.25) is 5.91 Å². The number of nitrogens with two attached hydrogens (primary N) is 1. The van der Waals surface area contributed by atoms with Crippen LogP contribution >= 0.6 is 27.5 Å². The van der Waals surface area contributed by atoms with Crippen molar-refractivity contribution in [3.63, 3.8) is 0 Å². The molecule has 3 N–H and O–H groups in total. The van der Waals surface area contributed by atoms with Gasteiger partial charge in [-0.15, -0.1) is 0 Å². The van der Waals surface area contributed by atoms with E-state index in [1.165, 1.54) is 0 Å². The molecule has 0 radical (unpaired) electrons. The van der Waals surface area contributed by atoms with E-state index in [1.807, 2.05) is 39.0 Å². The number of Topliss-reactive ketones (excluding diaryl/α,β-unsaturated/α-hetero) is 1. The van der Waals surface area contributed by atoms with Crippen LogP contribution in [-0.2, 0) is 15.0 Å². The van der Waals surface area contributed by atoms with Crippen molar-refractivity contribution >= 4 is 50.6 Å². The topological polar surface area (TPSA) is 99.2 Å². The molecule has 3 aliphatic rings. The minimum Gasteiger partial charge on any atom is -0.384 e. The maximum absolute atomic E-state index is 13.8. The Morgan fingerprint density at radius 2 is 1.91 bits per heavy atom. The number of carbonyl (C=O) groups excluding carboxylic acids is 2. The van der Waals surface area contributed by atoms with Crippen molar-refractivity contribution in [1.29, 1.82) is 5.26 Å². The second-order valence-electron chi connectivity index (χ2n) is 9.80. The van der Waals surface area contributed by atoms with E-state index in [2.05, 4.69) is 27.3 Å². The van der Waals surface area contributed by atoms with E-state index >= 15 is 0 Å². The van der Waals surface area contributed by atoms with Gasteiger partial charge in [-0.2, -0.15) is 5.26 Å². The van der Waals surface area contributed by atoms with Crippen molar-refractivity contribution in [1.82, 2.24) is 0 Å². The highest BCUT2D eigenvalue weighted by Crippen LogP contribution is 2.57. The number of hydrogen-bond donors (Lipinski definition) is 2. The number of fused-ring (bicyclic) bond motifs is 3. The number of nitriles is 1. The third-order valence-corrected chi connectivity index (χ3v) is 7.77. The lowest BCUT2D eigenvalue weighted by Crippen LogP contribution is -2.52. The standard InChI is InChI=1S/C26H22BrClN4O2/c1-13-4-6-15(9-18(13)28)32-20-10-25(2,3)11-21(33)22(20)26(17(12-29)23(32)30)16-8-14(27)5-7-19(16)31-24(26)34/h4-9H,10-11,30H2,1-3H3,(H,31,34). The third-order valence-electron chi connectivity index (χ3n) is 6.87. The van der Waals surface area contributed by atoms with Crippen molar-refractivity contribution in [2.45, 2.75) is 39.0 Å². The van der Waals surface area contributed by atoms with Crippen LogP contribution in [0.25, 0.3) is 0 Å². The SMILES string of the molecule is Cc1ccc(N2C(N)=C(C#N)C3(C(=O)Nc4ccc(Br)cc43)C3=C2CC(C)(C)CC3=O)cc1Cl. The van der Waals surface area contributed by atoms with Crippen LogP contribution in [0, 0.1) is 23.7 Å². The van der Waals surface area contributed by atoms with Gasteiger partial charge in [0.1, 0.15) is 17.3 Å². The predicted octanol–water partition coefficient (Wildman–Crippen LogP) is 5.46. The Hall–Kier alpha value is -3.08. The van der Waals surface area contributed by atoms with Crippen LogP contribution < -0.4 is 16.0 Å². The summed E-state index contributed by atoms with van der Waals surface area (Å²) >= 11 is 9.92. The number of anilines is 2. The molecule has 1 amide bonds. The zero-order chi connectivity index (χ0) is 24.6. The molecule has 1 aliphatic carbocycles. The summed E-state index contributed by atoms with van der Waals surface area (Å²) < 4.78 is 0.733. The normalized spacial score (nSPS) is 23.1. The Balaban J connectivity index is 1.91. The number of halogens is 2. The first kappa shape index (κ1) is 22.7. The third kappa shape index (κ3) is 2.98. The summed E-state index contributed by atoms with van der Waals surface area (Å²) in [5.74, 6) is -0.491. The lowest BCUT2D eigenvalue weighted by molar-refractivity contribution is -0.123. The van der Waals surface area contributed by atoms with Crippen LogP contribution in [0.4, 0.5) is 11.4 Å². The molecule has 2 aromatic carbocycles. The maximum Gasteiger partial charge on any atom is 0.245 e. The van der Waals surface area contributed by atoms with Crippen molar-refractivity contribution in [2.24, 2.45) is 11.1 Å². The number of aryl methyl sites for hydroxylation is 1. The molecule has 1 spiro atoms. The number of allylic oxidation sites excluding steroid dienone is 1. The summed E-state index contributed by atoms with van der Waals surface area (Å²) in [7, 11) is 0. The van der Waals surface area contributed by atoms with Crippen molar-refractivity contribution < 1.29 is 9.59 Å². The Bertz CT molecular complexity index is 1420. The number of rotatable bonds is 1. The highest BCUT2D eigenvalue weighted by atomic mass is 79.9. The summed E-state index contributed by atoms with van der Waals surface area (Å²) in [4.78, 5) is 29.3. The first-order valence-electron chi connectivity index (χ1n) is 10.9. The van der Waals surface area contributed by atoms with Gasteiger partial charge in [0.15, 0.2) is 5.78 Å². The number of carbonyl (C=O) groups is 2. The molecule has 1 unspecified atom stereocenters. The zero-order valence-corrected chi connectivity index (χ0v) is 21.3. The number of nitrogens with one attached hydrogen (secondary N) is 1. The lowest BCUT2D eigenvalue weighted by Gasteiger charge is -2.46. The highest BCUT2D eigenvalue weighted by Gasteiger charge is 2.61. The first-order valence-corrected chi connectivity index (χ1v) is 12.0. The molecule has 0 aromatic heterocycles. The molecule has 2 heterocycles. The van der Waals surface area contributed by atoms with Gasteiger partial charge in [0.25, 0.3) is 0 Å². The molecular formula is C26H22BrClN4O2. The highest BCUT2D eigenvalue weighted by molar-refractivity contribution is 9.10. The molecule has 0 saturated heterocycles. The number of amides is 1. The number of ketones is 1. The zero-order valence-electron chi connectivity index (χ0n) is 18.9. The van der Waals surface area contributed by atoms with Crippen LogP contribution in [0.5, 0.6) is 0 Å². The molecule has 0 fully saturated rings. The van der Waals surface area contributed by atoms with Crippen LogP contribution in [0.15, 0.2) is 63.5 Å². The fourth-order valence-corrected chi connectivity index (χ4v) is 5.94. The van der Waals surface area contributed by atoms with Crippen molar-refractivity contribution in [3.8, 4) is 6.07 Å². The molecule has 1 atom stereocenters. The van der Waals surface area contributed by atoms with E-state index in [-0.39, 0.29) is 29.0 Å². The summed E-state index contributed by atoms with van der Waals surface area (Å²) in [5, 5.41) is 13.8. The van der Waals surface area contributed by atoms with E-state index in [4.69, 9.17) is 17.3 Å². The van der Waals surface area contributed by atoms with E-state index < -0.39 is 11.3 Å². The number of hydrogen-bond acceptors (Lipinski definition) is 5. The Morgan fingerprint density at radius 1 is 1.18 bits per heavy atom. The van der Waals surface area contributed by atoms with Crippen LogP contribution in [0.2, 0.25) is 5.02 Å². The van der Waals surface area contributed by atoms with Gasteiger partial charge in [-0.3, -0.25) is 14.5 Å². The predicted molar refractivity (Wildman–Crippen MR) is 135 cm³/mol. The Labute approximate surface area is 211 Å². The van der Waals surface area contributed by atoms with Crippen molar-refractivity contribution in [3.05, 3.63) is 79.7 Å². The minimum atomic E-state index is -1.61. The second-order valence-corrected chi connectivity index (χ2v) is 11.1. The molecule has 2 aromatic rings. The van der Waals surface area contributed by atoms with Crippen LogP contribution in [-0.4, -0.2) is 11.7 Å². The summed E-state index contributed by atoms with van der Waals surface area (Å²) in [6.07, 6.45) is 0.753. The van der Waals surface area contributed by atoms with Gasteiger partial charge in [-0.25, -0.2) is 0 Å². The van der Waals surface area contributed by atoms with Gasteiger partial charge < -0.3 is 11.1 Å². The van der Waals surface area contributed by atoms with Crippen LogP contribution in [0.1, 0.15) is 37.8 Å². The number of nitrogens with zero attached hydrogens (tertiary/aromatic N) is 2. The molecule has 0 bridgehead atoms. The van der Waals surface area contributed by atoms with Gasteiger partial charge in [0.05, 0.1) is 5.57 Å². The minimum absolute atomic E-state index is 0.0327. The molecule has 5 rings (SSSR count). The monoisotopic (exact) mass is 536 g/mol. The van der Waals surface area contributed by atoms with Crippen LogP contribution in [0.3, 0.4) is 0 Å². The van der Waals surface area contributed by atoms with Gasteiger partial charge in [-0.1, -0.05) is 47.4 Å². The van der Waals surface area contributed by atoms with Gasteiger partial charge in [-0.05, 0) is 54.7 Å². The quantitative estimate of drug-likeness (QED) is 0.503. The van der Waals surface area contributed by atoms with Gasteiger partial charge in [0, 0.05) is 44.1 Å². The molecule has 172 valence electrons. The first-order chi connectivity index (χ1) is 16.0. The Morgan fingerprint density at radius 3 is 2.59 bits per heavy atom. The second kappa shape index (κ2) is 7.46. The smallest absolute Gasteiger partial charge is 0.245 e. The Kier molecular flexibility index (Phi) is 4.98. The average Bonchev–Trinajstić information content (AvgIpc) is 3.01.